The number of hydrogen-bond acceptors (Lipinski definition) is 6. The number of para-hydroxylation sites is 1. The van der Waals surface area contributed by atoms with E-state index >= 15 is 0 Å². The van der Waals surface area contributed by atoms with Crippen LogP contribution in [-0.4, -0.2) is 70.0 Å². The van der Waals surface area contributed by atoms with Gasteiger partial charge in [-0.05, 0) is 42.7 Å². The second-order valence-corrected chi connectivity index (χ2v) is 10.0. The van der Waals surface area contributed by atoms with Crippen molar-refractivity contribution in [2.45, 2.75) is 37.3 Å². The minimum Gasteiger partial charge on any atom is -0.486 e. The summed E-state index contributed by atoms with van der Waals surface area (Å²) < 4.78 is 6.28. The fraction of sp³-hybridized carbons (Fsp3) is 0.385. The fourth-order valence-corrected chi connectivity index (χ4v) is 5.61. The average Bonchev–Trinajstić information content (AvgIpc) is 3.10. The number of imide groups is 1. The van der Waals surface area contributed by atoms with Gasteiger partial charge >= 0.3 is 0 Å². The van der Waals surface area contributed by atoms with Crippen molar-refractivity contribution in [3.8, 4) is 5.75 Å². The molecule has 176 valence electrons. The predicted molar refractivity (Wildman–Crippen MR) is 128 cm³/mol. The first-order valence-electron chi connectivity index (χ1n) is 11.5. The molecule has 3 aliphatic heterocycles. The van der Waals surface area contributed by atoms with Gasteiger partial charge in [-0.2, -0.15) is 11.8 Å². The molecule has 1 atom stereocenters. The van der Waals surface area contributed by atoms with Gasteiger partial charge in [0.05, 0.1) is 23.1 Å². The molecule has 3 heterocycles. The number of ketones is 1. The van der Waals surface area contributed by atoms with Crippen molar-refractivity contribution >= 4 is 35.3 Å². The van der Waals surface area contributed by atoms with E-state index in [0.717, 1.165) is 4.90 Å². The summed E-state index contributed by atoms with van der Waals surface area (Å²) in [6.07, 6.45) is 3.67. The van der Waals surface area contributed by atoms with Crippen LogP contribution >= 0.6 is 11.8 Å². The minimum atomic E-state index is -0.844. The van der Waals surface area contributed by atoms with Crippen LogP contribution in [0.1, 0.15) is 56.8 Å². The molecule has 0 aromatic heterocycles. The molecule has 2 aromatic rings. The topological polar surface area (TPSA) is 84.0 Å². The lowest BCUT2D eigenvalue weighted by Crippen LogP contribution is -2.57. The summed E-state index contributed by atoms with van der Waals surface area (Å²) in [5.41, 5.74) is 0.681. The van der Waals surface area contributed by atoms with Crippen molar-refractivity contribution in [2.24, 2.45) is 0 Å². The van der Waals surface area contributed by atoms with Gasteiger partial charge in [0.2, 0.25) is 5.91 Å². The molecule has 34 heavy (non-hydrogen) atoms. The first-order valence-corrected chi connectivity index (χ1v) is 12.9. The van der Waals surface area contributed by atoms with Gasteiger partial charge in [-0.1, -0.05) is 24.3 Å². The quantitative estimate of drug-likeness (QED) is 0.613. The maximum atomic E-state index is 13.6. The van der Waals surface area contributed by atoms with Gasteiger partial charge in [-0.25, -0.2) is 0 Å². The van der Waals surface area contributed by atoms with Crippen molar-refractivity contribution in [2.75, 3.05) is 25.1 Å². The van der Waals surface area contributed by atoms with E-state index in [0.29, 0.717) is 67.0 Å². The van der Waals surface area contributed by atoms with E-state index in [1.165, 1.54) is 0 Å². The third kappa shape index (κ3) is 3.79. The summed E-state index contributed by atoms with van der Waals surface area (Å²) in [5, 5.41) is 0. The van der Waals surface area contributed by atoms with E-state index in [2.05, 4.69) is 0 Å². The lowest BCUT2D eigenvalue weighted by Gasteiger charge is -2.44. The highest BCUT2D eigenvalue weighted by atomic mass is 32.2. The zero-order valence-electron chi connectivity index (χ0n) is 19.0. The third-order valence-corrected chi connectivity index (χ3v) is 7.64. The SMILES string of the molecule is CSCCC(C(=O)N1CCC2(CC1)CC(=O)c1ccccc1O2)N1C(=O)c2ccccc2C1=O. The Morgan fingerprint density at radius 3 is 2.18 bits per heavy atom. The number of piperidine rings is 1. The van der Waals surface area contributed by atoms with E-state index < -0.39 is 23.5 Å². The Morgan fingerprint density at radius 1 is 0.971 bits per heavy atom. The van der Waals surface area contributed by atoms with Crippen LogP contribution < -0.4 is 4.74 Å². The summed E-state index contributed by atoms with van der Waals surface area (Å²) in [6.45, 7) is 0.820. The Hall–Kier alpha value is -3.13. The molecule has 5 rings (SSSR count). The van der Waals surface area contributed by atoms with Gasteiger partial charge < -0.3 is 9.64 Å². The van der Waals surface area contributed by atoms with Crippen LogP contribution in [0, 0.1) is 0 Å². The number of benzene rings is 2. The maximum Gasteiger partial charge on any atom is 0.262 e. The second kappa shape index (κ2) is 8.91. The fourth-order valence-electron chi connectivity index (χ4n) is 5.15. The van der Waals surface area contributed by atoms with E-state index in [9.17, 15) is 19.2 Å². The van der Waals surface area contributed by atoms with Gasteiger partial charge in [0, 0.05) is 25.9 Å². The lowest BCUT2D eigenvalue weighted by atomic mass is 9.82. The predicted octanol–water partition coefficient (Wildman–Crippen LogP) is 3.43. The number of hydrogen-bond donors (Lipinski definition) is 0. The highest BCUT2D eigenvalue weighted by Gasteiger charge is 2.47. The Balaban J connectivity index is 1.33. The molecule has 0 N–H and O–H groups in total. The van der Waals surface area contributed by atoms with Crippen LogP contribution in [0.3, 0.4) is 0 Å². The highest BCUT2D eigenvalue weighted by Crippen LogP contribution is 2.39. The molecule has 0 aliphatic carbocycles. The first-order chi connectivity index (χ1) is 16.4. The molecule has 0 bridgehead atoms. The van der Waals surface area contributed by atoms with Crippen molar-refractivity contribution < 1.29 is 23.9 Å². The van der Waals surface area contributed by atoms with Crippen LogP contribution in [0.4, 0.5) is 0 Å². The number of carbonyl (C=O) groups excluding carboxylic acids is 4. The Kier molecular flexibility index (Phi) is 5.93. The summed E-state index contributed by atoms with van der Waals surface area (Å²) in [5.74, 6) is 0.266. The van der Waals surface area contributed by atoms with Crippen LogP contribution in [0.5, 0.6) is 5.75 Å². The molecular weight excluding hydrogens is 452 g/mol. The third-order valence-electron chi connectivity index (χ3n) is 7.00. The zero-order valence-corrected chi connectivity index (χ0v) is 19.8. The van der Waals surface area contributed by atoms with Crippen molar-refractivity contribution in [3.63, 3.8) is 0 Å². The van der Waals surface area contributed by atoms with Crippen molar-refractivity contribution in [1.29, 1.82) is 0 Å². The molecule has 3 amide bonds. The smallest absolute Gasteiger partial charge is 0.262 e. The molecule has 8 heteroatoms. The van der Waals surface area contributed by atoms with Crippen LogP contribution in [-0.2, 0) is 4.79 Å². The van der Waals surface area contributed by atoms with Crippen molar-refractivity contribution in [1.82, 2.24) is 9.80 Å². The number of fused-ring (bicyclic) bond motifs is 2. The number of amides is 3. The summed E-state index contributed by atoms with van der Waals surface area (Å²) >= 11 is 1.57. The number of rotatable bonds is 5. The van der Waals surface area contributed by atoms with Crippen molar-refractivity contribution in [3.05, 3.63) is 65.2 Å². The summed E-state index contributed by atoms with van der Waals surface area (Å²) in [4.78, 5) is 55.3. The summed E-state index contributed by atoms with van der Waals surface area (Å²) in [7, 11) is 0. The molecule has 1 unspecified atom stereocenters. The Bertz CT molecular complexity index is 1140. The number of likely N-dealkylation sites (tertiary alicyclic amines) is 1. The van der Waals surface area contributed by atoms with Gasteiger partial charge in [-0.15, -0.1) is 0 Å². The van der Waals surface area contributed by atoms with Crippen LogP contribution in [0.15, 0.2) is 48.5 Å². The molecule has 0 saturated carbocycles. The molecule has 1 fully saturated rings. The molecule has 2 aromatic carbocycles. The van der Waals surface area contributed by atoms with Crippen LogP contribution in [0.2, 0.25) is 0 Å². The summed E-state index contributed by atoms with van der Waals surface area (Å²) in [6, 6.07) is 13.1. The standard InChI is InChI=1S/C26H26N2O5S/c1-34-15-10-20(28-23(30)17-6-2-3-7-18(17)24(28)31)25(32)27-13-11-26(12-14-27)16-21(29)19-8-4-5-9-22(19)33-26/h2-9,20H,10-16H2,1H3. The first kappa shape index (κ1) is 22.7. The van der Waals surface area contributed by atoms with Gasteiger partial charge in [0.25, 0.3) is 11.8 Å². The Morgan fingerprint density at radius 2 is 1.56 bits per heavy atom. The molecule has 7 nitrogen and oxygen atoms in total. The van der Waals surface area contributed by atoms with Gasteiger partial charge in [0.1, 0.15) is 17.4 Å². The largest absolute Gasteiger partial charge is 0.486 e. The molecule has 1 saturated heterocycles. The van der Waals surface area contributed by atoms with E-state index in [4.69, 9.17) is 4.74 Å². The molecule has 3 aliphatic rings. The lowest BCUT2D eigenvalue weighted by molar-refractivity contribution is -0.139. The Labute approximate surface area is 202 Å². The normalized spacial score (nSPS) is 19.6. The van der Waals surface area contributed by atoms with Gasteiger partial charge in [-0.3, -0.25) is 24.1 Å². The number of thioether (sulfide) groups is 1. The van der Waals surface area contributed by atoms with Gasteiger partial charge in [0.15, 0.2) is 5.78 Å². The molecule has 1 spiro atoms. The number of Topliss-reactive ketones (excluding diaryl/α,β-unsaturated/α-hetero) is 1. The number of carbonyl (C=O) groups is 4. The van der Waals surface area contributed by atoms with Crippen LogP contribution in [0.25, 0.3) is 0 Å². The average molecular weight is 479 g/mol. The van der Waals surface area contributed by atoms with E-state index in [1.54, 1.807) is 47.0 Å². The van der Waals surface area contributed by atoms with E-state index in [-0.39, 0.29) is 11.7 Å². The minimum absolute atomic E-state index is 0.0606. The second-order valence-electron chi connectivity index (χ2n) is 9.03. The highest BCUT2D eigenvalue weighted by molar-refractivity contribution is 7.98. The molecule has 0 radical (unpaired) electrons. The monoisotopic (exact) mass is 478 g/mol. The van der Waals surface area contributed by atoms with E-state index in [1.807, 2.05) is 24.5 Å². The molecular formula is C26H26N2O5S. The zero-order chi connectivity index (χ0) is 23.9. The maximum absolute atomic E-state index is 13.6. The number of ether oxygens (including phenoxy) is 1. The number of nitrogens with zero attached hydrogens (tertiary/aromatic N) is 2.